The van der Waals surface area contributed by atoms with Crippen LogP contribution in [0, 0.1) is 6.92 Å². The summed E-state index contributed by atoms with van der Waals surface area (Å²) in [5, 5.41) is 5.34. The third kappa shape index (κ3) is 4.56. The standard InChI is InChI=1S/C16H20N2O2S/c1-11-6-5-7-12(8-11)20-9-14(19)18-15-17-13(10-21-15)16(2,3)4/h5-8,10H,9H2,1-4H3,(H,17,18,19). The minimum atomic E-state index is -0.202. The number of anilines is 1. The van der Waals surface area contributed by atoms with Gasteiger partial charge < -0.3 is 4.74 Å². The van der Waals surface area contributed by atoms with Gasteiger partial charge in [-0.15, -0.1) is 11.3 Å². The van der Waals surface area contributed by atoms with Crippen molar-refractivity contribution in [3.05, 3.63) is 40.9 Å². The summed E-state index contributed by atoms with van der Waals surface area (Å²) in [5.74, 6) is 0.492. The Morgan fingerprint density at radius 2 is 2.14 bits per heavy atom. The van der Waals surface area contributed by atoms with Gasteiger partial charge in [-0.05, 0) is 24.6 Å². The summed E-state index contributed by atoms with van der Waals surface area (Å²) in [6.07, 6.45) is 0. The van der Waals surface area contributed by atoms with Gasteiger partial charge in [-0.2, -0.15) is 0 Å². The maximum absolute atomic E-state index is 11.9. The molecule has 0 aliphatic carbocycles. The van der Waals surface area contributed by atoms with Gasteiger partial charge in [0.05, 0.1) is 5.69 Å². The number of hydrogen-bond acceptors (Lipinski definition) is 4. The van der Waals surface area contributed by atoms with E-state index in [0.717, 1.165) is 11.3 Å². The third-order valence-electron chi connectivity index (χ3n) is 2.88. The maximum Gasteiger partial charge on any atom is 0.264 e. The molecule has 0 unspecified atom stereocenters. The summed E-state index contributed by atoms with van der Waals surface area (Å²) < 4.78 is 5.46. The molecule has 0 aliphatic rings. The number of thiazole rings is 1. The second kappa shape index (κ2) is 6.26. The van der Waals surface area contributed by atoms with Crippen LogP contribution in [0.25, 0.3) is 0 Å². The SMILES string of the molecule is Cc1cccc(OCC(=O)Nc2nc(C(C)(C)C)cs2)c1. The van der Waals surface area contributed by atoms with Gasteiger partial charge in [0.15, 0.2) is 11.7 Å². The zero-order valence-corrected chi connectivity index (χ0v) is 13.6. The predicted octanol–water partition coefficient (Wildman–Crippen LogP) is 3.77. The molecule has 112 valence electrons. The Labute approximate surface area is 129 Å². The largest absolute Gasteiger partial charge is 0.484 e. The first-order valence-corrected chi connectivity index (χ1v) is 7.68. The van der Waals surface area contributed by atoms with Gasteiger partial charge in [-0.1, -0.05) is 32.9 Å². The summed E-state index contributed by atoms with van der Waals surface area (Å²) >= 11 is 1.43. The molecule has 0 bridgehead atoms. The van der Waals surface area contributed by atoms with Gasteiger partial charge >= 0.3 is 0 Å². The van der Waals surface area contributed by atoms with E-state index in [1.165, 1.54) is 11.3 Å². The van der Waals surface area contributed by atoms with E-state index < -0.39 is 0 Å². The Balaban J connectivity index is 1.89. The van der Waals surface area contributed by atoms with Crippen molar-refractivity contribution >= 4 is 22.4 Å². The lowest BCUT2D eigenvalue weighted by Crippen LogP contribution is -2.20. The van der Waals surface area contributed by atoms with E-state index in [0.29, 0.717) is 10.9 Å². The lowest BCUT2D eigenvalue weighted by Gasteiger charge is -2.14. The molecule has 1 heterocycles. The highest BCUT2D eigenvalue weighted by Crippen LogP contribution is 2.26. The monoisotopic (exact) mass is 304 g/mol. The van der Waals surface area contributed by atoms with Gasteiger partial charge in [0.2, 0.25) is 0 Å². The smallest absolute Gasteiger partial charge is 0.264 e. The number of rotatable bonds is 4. The van der Waals surface area contributed by atoms with Crippen molar-refractivity contribution in [2.75, 3.05) is 11.9 Å². The highest BCUT2D eigenvalue weighted by atomic mass is 32.1. The van der Waals surface area contributed by atoms with Crippen LogP contribution in [-0.4, -0.2) is 17.5 Å². The van der Waals surface area contributed by atoms with E-state index in [9.17, 15) is 4.79 Å². The van der Waals surface area contributed by atoms with Gasteiger partial charge in [0.25, 0.3) is 5.91 Å². The van der Waals surface area contributed by atoms with E-state index in [1.807, 2.05) is 36.6 Å². The molecule has 1 N–H and O–H groups in total. The van der Waals surface area contributed by atoms with Crippen LogP contribution in [0.1, 0.15) is 32.0 Å². The van der Waals surface area contributed by atoms with Crippen LogP contribution in [-0.2, 0) is 10.2 Å². The average Bonchev–Trinajstić information content (AvgIpc) is 2.85. The normalized spacial score (nSPS) is 11.2. The van der Waals surface area contributed by atoms with Crippen molar-refractivity contribution in [3.63, 3.8) is 0 Å². The van der Waals surface area contributed by atoms with Gasteiger partial charge in [0, 0.05) is 10.8 Å². The molecule has 0 atom stereocenters. The molecule has 0 radical (unpaired) electrons. The van der Waals surface area contributed by atoms with Gasteiger partial charge in [-0.3, -0.25) is 10.1 Å². The van der Waals surface area contributed by atoms with E-state index in [1.54, 1.807) is 0 Å². The minimum Gasteiger partial charge on any atom is -0.484 e. The number of ether oxygens (including phenoxy) is 1. The van der Waals surface area contributed by atoms with Crippen LogP contribution in [0.5, 0.6) is 5.75 Å². The minimum absolute atomic E-state index is 0.0163. The molecule has 0 saturated heterocycles. The Kier molecular flexibility index (Phi) is 4.63. The summed E-state index contributed by atoms with van der Waals surface area (Å²) in [7, 11) is 0. The van der Waals surface area contributed by atoms with Crippen LogP contribution in [0.3, 0.4) is 0 Å². The van der Waals surface area contributed by atoms with Crippen molar-refractivity contribution in [1.82, 2.24) is 4.98 Å². The molecule has 0 aliphatic heterocycles. The summed E-state index contributed by atoms with van der Waals surface area (Å²) in [4.78, 5) is 16.3. The van der Waals surface area contributed by atoms with E-state index in [-0.39, 0.29) is 17.9 Å². The first kappa shape index (κ1) is 15.5. The van der Waals surface area contributed by atoms with E-state index >= 15 is 0 Å². The fourth-order valence-corrected chi connectivity index (χ4v) is 2.64. The predicted molar refractivity (Wildman–Crippen MR) is 86.1 cm³/mol. The number of amides is 1. The molecule has 5 heteroatoms. The van der Waals surface area contributed by atoms with Gasteiger partial charge in [0.1, 0.15) is 5.75 Å². The average molecular weight is 304 g/mol. The topological polar surface area (TPSA) is 51.2 Å². The number of carbonyl (C=O) groups is 1. The fraction of sp³-hybridized carbons (Fsp3) is 0.375. The van der Waals surface area contributed by atoms with Crippen molar-refractivity contribution in [2.45, 2.75) is 33.1 Å². The zero-order chi connectivity index (χ0) is 15.5. The molecule has 2 rings (SSSR count). The van der Waals surface area contributed by atoms with E-state index in [4.69, 9.17) is 4.74 Å². The van der Waals surface area contributed by atoms with Crippen LogP contribution in [0.15, 0.2) is 29.6 Å². The van der Waals surface area contributed by atoms with Crippen LogP contribution in [0.4, 0.5) is 5.13 Å². The second-order valence-corrected chi connectivity index (χ2v) is 6.80. The van der Waals surface area contributed by atoms with Crippen LogP contribution >= 0.6 is 11.3 Å². The second-order valence-electron chi connectivity index (χ2n) is 5.94. The van der Waals surface area contributed by atoms with Crippen LogP contribution in [0.2, 0.25) is 0 Å². The Hall–Kier alpha value is -1.88. The number of aryl methyl sites for hydroxylation is 1. The molecule has 2 aromatic rings. The lowest BCUT2D eigenvalue weighted by atomic mass is 9.93. The molecule has 1 amide bonds. The molecule has 0 spiro atoms. The molecule has 21 heavy (non-hydrogen) atoms. The molecule has 0 fully saturated rings. The Morgan fingerprint density at radius 3 is 2.76 bits per heavy atom. The number of nitrogens with zero attached hydrogens (tertiary/aromatic N) is 1. The first-order valence-electron chi connectivity index (χ1n) is 6.80. The van der Waals surface area contributed by atoms with Crippen molar-refractivity contribution in [1.29, 1.82) is 0 Å². The summed E-state index contributed by atoms with van der Waals surface area (Å²) in [5.41, 5.74) is 2.06. The van der Waals surface area contributed by atoms with Gasteiger partial charge in [-0.25, -0.2) is 4.98 Å². The quantitative estimate of drug-likeness (QED) is 0.935. The number of hydrogen-bond donors (Lipinski definition) is 1. The van der Waals surface area contributed by atoms with Crippen LogP contribution < -0.4 is 10.1 Å². The molecular formula is C16H20N2O2S. The number of nitrogens with one attached hydrogen (secondary N) is 1. The molecule has 0 saturated carbocycles. The molecule has 1 aromatic carbocycles. The summed E-state index contributed by atoms with van der Waals surface area (Å²) in [6.45, 7) is 8.24. The first-order chi connectivity index (χ1) is 9.84. The van der Waals surface area contributed by atoms with Crippen molar-refractivity contribution in [2.24, 2.45) is 0 Å². The highest BCUT2D eigenvalue weighted by Gasteiger charge is 2.18. The maximum atomic E-state index is 11.9. The molecule has 4 nitrogen and oxygen atoms in total. The zero-order valence-electron chi connectivity index (χ0n) is 12.8. The third-order valence-corrected chi connectivity index (χ3v) is 3.64. The number of carbonyl (C=O) groups excluding carboxylic acids is 1. The lowest BCUT2D eigenvalue weighted by molar-refractivity contribution is -0.118. The van der Waals surface area contributed by atoms with E-state index in [2.05, 4.69) is 31.1 Å². The highest BCUT2D eigenvalue weighted by molar-refractivity contribution is 7.13. The molecule has 1 aromatic heterocycles. The van der Waals surface area contributed by atoms with Crippen molar-refractivity contribution < 1.29 is 9.53 Å². The van der Waals surface area contributed by atoms with Crippen molar-refractivity contribution in [3.8, 4) is 5.75 Å². The summed E-state index contributed by atoms with van der Waals surface area (Å²) in [6, 6.07) is 7.62. The number of benzene rings is 1. The Bertz CT molecular complexity index is 629. The number of aromatic nitrogens is 1. The fourth-order valence-electron chi connectivity index (χ4n) is 1.68. The Morgan fingerprint density at radius 1 is 1.38 bits per heavy atom. The molecular weight excluding hydrogens is 284 g/mol.